The zero-order valence-electron chi connectivity index (χ0n) is 12.2. The molecule has 0 atom stereocenters. The van der Waals surface area contributed by atoms with Gasteiger partial charge in [-0.25, -0.2) is 0 Å². The number of halogens is 1. The lowest BCUT2D eigenvalue weighted by Crippen LogP contribution is -2.47. The zero-order valence-corrected chi connectivity index (χ0v) is 13.0. The fourth-order valence-electron chi connectivity index (χ4n) is 2.95. The molecular weight excluding hydrogens is 270 g/mol. The lowest BCUT2D eigenvalue weighted by Gasteiger charge is -2.36. The van der Waals surface area contributed by atoms with Crippen LogP contribution in [-0.4, -0.2) is 43.7 Å². The lowest BCUT2D eigenvalue weighted by atomic mass is 10.1. The van der Waals surface area contributed by atoms with E-state index >= 15 is 0 Å². The summed E-state index contributed by atoms with van der Waals surface area (Å²) in [5.41, 5.74) is 2.46. The highest BCUT2D eigenvalue weighted by molar-refractivity contribution is 6.33. The first-order valence-electron chi connectivity index (χ1n) is 7.76. The minimum absolute atomic E-state index is 0.884. The number of nitrogens with zero attached hydrogens (tertiary/aromatic N) is 2. The summed E-state index contributed by atoms with van der Waals surface area (Å²) in [5, 5.41) is 4.23. The average Bonchev–Trinajstić information content (AvgIpc) is 3.30. The van der Waals surface area contributed by atoms with E-state index in [1.165, 1.54) is 37.2 Å². The summed E-state index contributed by atoms with van der Waals surface area (Å²) in [4.78, 5) is 5.06. The molecule has 20 heavy (non-hydrogen) atoms. The van der Waals surface area contributed by atoms with Crippen molar-refractivity contribution >= 4 is 17.3 Å². The fourth-order valence-corrected chi connectivity index (χ4v) is 3.28. The van der Waals surface area contributed by atoms with Crippen molar-refractivity contribution in [1.29, 1.82) is 0 Å². The maximum absolute atomic E-state index is 6.47. The third-order valence-electron chi connectivity index (χ3n) is 4.31. The Hall–Kier alpha value is -0.770. The Balaban J connectivity index is 1.61. The minimum atomic E-state index is 0.884. The molecule has 3 nitrogen and oxygen atoms in total. The Labute approximate surface area is 126 Å². The van der Waals surface area contributed by atoms with E-state index < -0.39 is 0 Å². The number of nitrogens with one attached hydrogen (secondary N) is 1. The molecule has 1 aliphatic carbocycles. The maximum atomic E-state index is 6.47. The van der Waals surface area contributed by atoms with E-state index in [-0.39, 0.29) is 0 Å². The van der Waals surface area contributed by atoms with Gasteiger partial charge in [-0.3, -0.25) is 4.90 Å². The van der Waals surface area contributed by atoms with Crippen molar-refractivity contribution in [1.82, 2.24) is 10.2 Å². The van der Waals surface area contributed by atoms with E-state index in [1.807, 2.05) is 0 Å². The van der Waals surface area contributed by atoms with Crippen LogP contribution in [0.3, 0.4) is 0 Å². The molecule has 1 saturated heterocycles. The fraction of sp³-hybridized carbons (Fsp3) is 0.625. The van der Waals surface area contributed by atoms with E-state index in [2.05, 4.69) is 40.2 Å². The summed E-state index contributed by atoms with van der Waals surface area (Å²) < 4.78 is 0. The molecule has 110 valence electrons. The highest BCUT2D eigenvalue weighted by Crippen LogP contribution is 2.31. The van der Waals surface area contributed by atoms with Gasteiger partial charge in [0.05, 0.1) is 10.7 Å². The van der Waals surface area contributed by atoms with E-state index in [0.717, 1.165) is 37.2 Å². The second-order valence-corrected chi connectivity index (χ2v) is 6.23. The maximum Gasteiger partial charge on any atom is 0.0642 e. The number of piperazine rings is 1. The summed E-state index contributed by atoms with van der Waals surface area (Å²) in [5.74, 6) is 0. The molecule has 0 amide bonds. The molecule has 1 saturated carbocycles. The molecule has 0 bridgehead atoms. The van der Waals surface area contributed by atoms with Crippen LogP contribution in [0.2, 0.25) is 5.02 Å². The molecule has 0 unspecified atom stereocenters. The van der Waals surface area contributed by atoms with E-state index in [9.17, 15) is 0 Å². The molecule has 4 heteroatoms. The van der Waals surface area contributed by atoms with Crippen LogP contribution >= 0.6 is 11.6 Å². The lowest BCUT2D eigenvalue weighted by molar-refractivity contribution is 0.248. The van der Waals surface area contributed by atoms with Gasteiger partial charge in [0.2, 0.25) is 0 Å². The van der Waals surface area contributed by atoms with Crippen LogP contribution < -0.4 is 10.2 Å². The van der Waals surface area contributed by atoms with E-state index in [4.69, 9.17) is 11.6 Å². The van der Waals surface area contributed by atoms with Crippen molar-refractivity contribution in [3.63, 3.8) is 0 Å². The second-order valence-electron chi connectivity index (χ2n) is 5.82. The first kappa shape index (κ1) is 14.2. The Morgan fingerprint density at radius 2 is 1.95 bits per heavy atom. The minimum Gasteiger partial charge on any atom is -0.368 e. The number of hydrogen-bond donors (Lipinski definition) is 1. The average molecular weight is 294 g/mol. The highest BCUT2D eigenvalue weighted by Gasteiger charge is 2.31. The Morgan fingerprint density at radius 3 is 2.55 bits per heavy atom. The molecule has 1 aromatic carbocycles. The van der Waals surface area contributed by atoms with Crippen LogP contribution in [0.5, 0.6) is 0 Å². The third-order valence-corrected chi connectivity index (χ3v) is 4.61. The van der Waals surface area contributed by atoms with Gasteiger partial charge in [0, 0.05) is 38.8 Å². The molecule has 2 aliphatic rings. The van der Waals surface area contributed by atoms with Gasteiger partial charge >= 0.3 is 0 Å². The Kier molecular flexibility index (Phi) is 4.49. The topological polar surface area (TPSA) is 18.5 Å². The van der Waals surface area contributed by atoms with Crippen LogP contribution in [0.15, 0.2) is 18.2 Å². The number of benzene rings is 1. The summed E-state index contributed by atoms with van der Waals surface area (Å²) >= 11 is 6.47. The van der Waals surface area contributed by atoms with Crippen molar-refractivity contribution in [2.75, 3.05) is 37.6 Å². The summed E-state index contributed by atoms with van der Waals surface area (Å²) in [6.07, 6.45) is 2.81. The largest absolute Gasteiger partial charge is 0.368 e. The quantitative estimate of drug-likeness (QED) is 0.900. The van der Waals surface area contributed by atoms with Gasteiger partial charge in [-0.1, -0.05) is 24.6 Å². The van der Waals surface area contributed by atoms with E-state index in [1.54, 1.807) is 0 Å². The molecule has 0 aromatic heterocycles. The van der Waals surface area contributed by atoms with Crippen molar-refractivity contribution < 1.29 is 0 Å². The highest BCUT2D eigenvalue weighted by atomic mass is 35.5. The molecule has 2 fully saturated rings. The smallest absolute Gasteiger partial charge is 0.0642 e. The van der Waals surface area contributed by atoms with Crippen molar-refractivity contribution in [3.8, 4) is 0 Å². The molecule has 3 rings (SSSR count). The molecule has 1 aromatic rings. The molecule has 1 heterocycles. The molecule has 1 N–H and O–H groups in total. The zero-order chi connectivity index (χ0) is 13.9. The molecule has 0 spiro atoms. The SMILES string of the molecule is CCNCc1ccc(N2CCN(C3CC3)CC2)c(Cl)c1. The summed E-state index contributed by atoms with van der Waals surface area (Å²) in [6, 6.07) is 7.36. The van der Waals surface area contributed by atoms with Gasteiger partial charge in [0.25, 0.3) is 0 Å². The van der Waals surface area contributed by atoms with Crippen molar-refractivity contribution in [2.24, 2.45) is 0 Å². The van der Waals surface area contributed by atoms with Crippen molar-refractivity contribution in [2.45, 2.75) is 32.4 Å². The van der Waals surface area contributed by atoms with Crippen LogP contribution in [0.1, 0.15) is 25.3 Å². The Bertz CT molecular complexity index is 451. The van der Waals surface area contributed by atoms with Crippen LogP contribution in [0.4, 0.5) is 5.69 Å². The predicted octanol–water partition coefficient (Wildman–Crippen LogP) is 2.73. The third kappa shape index (κ3) is 3.27. The van der Waals surface area contributed by atoms with Crippen LogP contribution in [0.25, 0.3) is 0 Å². The summed E-state index contributed by atoms with van der Waals surface area (Å²) in [7, 11) is 0. The second kappa shape index (κ2) is 6.33. The van der Waals surface area contributed by atoms with Gasteiger partial charge in [0.15, 0.2) is 0 Å². The van der Waals surface area contributed by atoms with Crippen LogP contribution in [0, 0.1) is 0 Å². The Morgan fingerprint density at radius 1 is 1.20 bits per heavy atom. The number of hydrogen-bond acceptors (Lipinski definition) is 3. The van der Waals surface area contributed by atoms with Gasteiger partial charge in [-0.2, -0.15) is 0 Å². The number of anilines is 1. The number of rotatable bonds is 5. The normalized spacial score (nSPS) is 20.4. The molecule has 0 radical (unpaired) electrons. The predicted molar refractivity (Wildman–Crippen MR) is 85.6 cm³/mol. The standard InChI is InChI=1S/C16H24ClN3/c1-2-18-12-13-3-6-16(15(17)11-13)20-9-7-19(8-10-20)14-4-5-14/h3,6,11,14,18H,2,4-5,7-10,12H2,1H3. The monoisotopic (exact) mass is 293 g/mol. The van der Waals surface area contributed by atoms with Gasteiger partial charge in [0.1, 0.15) is 0 Å². The van der Waals surface area contributed by atoms with Crippen molar-refractivity contribution in [3.05, 3.63) is 28.8 Å². The van der Waals surface area contributed by atoms with Gasteiger partial charge < -0.3 is 10.2 Å². The van der Waals surface area contributed by atoms with Gasteiger partial charge in [-0.05, 0) is 37.1 Å². The first-order chi connectivity index (χ1) is 9.78. The first-order valence-corrected chi connectivity index (χ1v) is 8.14. The summed E-state index contributed by atoms with van der Waals surface area (Å²) in [6.45, 7) is 8.57. The van der Waals surface area contributed by atoms with E-state index in [0.29, 0.717) is 0 Å². The van der Waals surface area contributed by atoms with Gasteiger partial charge in [-0.15, -0.1) is 0 Å². The molecule has 1 aliphatic heterocycles. The molecular formula is C16H24ClN3. The van der Waals surface area contributed by atoms with Crippen LogP contribution in [-0.2, 0) is 6.54 Å².